The van der Waals surface area contributed by atoms with E-state index in [-0.39, 0.29) is 11.1 Å². The summed E-state index contributed by atoms with van der Waals surface area (Å²) in [5, 5.41) is 3.91. The van der Waals surface area contributed by atoms with Crippen LogP contribution in [0.4, 0.5) is 0 Å². The Hall–Kier alpha value is -2.89. The molecule has 0 fully saturated rings. The monoisotopic (exact) mass is 341 g/mol. The van der Waals surface area contributed by atoms with E-state index in [0.29, 0.717) is 13.2 Å². The number of hydrogen-bond acceptors (Lipinski definition) is 4. The Bertz CT molecular complexity index is 779. The van der Waals surface area contributed by atoms with E-state index < -0.39 is 5.91 Å². The highest BCUT2D eigenvalue weighted by Crippen LogP contribution is 2.11. The van der Waals surface area contributed by atoms with Crippen molar-refractivity contribution >= 4 is 12.1 Å². The molecule has 1 amide bonds. The summed E-state index contributed by atoms with van der Waals surface area (Å²) in [5.41, 5.74) is 2.95. The maximum atomic E-state index is 12.1. The lowest BCUT2D eigenvalue weighted by atomic mass is 10.2. The Morgan fingerprint density at radius 2 is 2.00 bits per heavy atom. The predicted octanol–water partition coefficient (Wildman–Crippen LogP) is 2.81. The van der Waals surface area contributed by atoms with Gasteiger partial charge in [-0.15, -0.1) is 0 Å². The van der Waals surface area contributed by atoms with Gasteiger partial charge in [0.2, 0.25) is 0 Å². The Morgan fingerprint density at radius 3 is 2.68 bits per heavy atom. The van der Waals surface area contributed by atoms with Gasteiger partial charge >= 0.3 is 0 Å². The Balaban J connectivity index is 1.94. The Labute approximate surface area is 147 Å². The highest BCUT2D eigenvalue weighted by molar-refractivity contribution is 5.94. The van der Waals surface area contributed by atoms with Gasteiger partial charge in [-0.25, -0.2) is 5.43 Å². The van der Waals surface area contributed by atoms with E-state index in [1.807, 2.05) is 31.2 Å². The standard InChI is InChI=1S/C19H23N3O3/c1-3-5-13-25-16-10-8-15(9-11-16)14-20-21-18(23)17-7-6-12-22(4-2)19(17)24/h6-12,14H,3-5,13H2,1-2H3,(H,21,23)/b20-14-. The number of nitrogens with zero attached hydrogens (tertiary/aromatic N) is 2. The number of ether oxygens (including phenoxy) is 1. The molecule has 132 valence electrons. The summed E-state index contributed by atoms with van der Waals surface area (Å²) < 4.78 is 7.05. The number of unbranched alkanes of at least 4 members (excludes halogenated alkanes) is 1. The first kappa shape index (κ1) is 18.4. The molecule has 0 bridgehead atoms. The third kappa shape index (κ3) is 5.31. The maximum absolute atomic E-state index is 12.1. The number of hydrazone groups is 1. The SMILES string of the molecule is CCCCOc1ccc(/C=N\NC(=O)c2cccn(CC)c2=O)cc1. The molecule has 0 aliphatic carbocycles. The molecule has 1 heterocycles. The fourth-order valence-corrected chi connectivity index (χ4v) is 2.17. The minimum absolute atomic E-state index is 0.0705. The van der Waals surface area contributed by atoms with Gasteiger partial charge in [-0.05, 0) is 55.3 Å². The molecule has 0 aliphatic rings. The molecule has 6 nitrogen and oxygen atoms in total. The molecule has 0 saturated heterocycles. The normalized spacial score (nSPS) is 10.8. The summed E-state index contributed by atoms with van der Waals surface area (Å²) in [7, 11) is 0. The van der Waals surface area contributed by atoms with Crippen LogP contribution in [0.2, 0.25) is 0 Å². The lowest BCUT2D eigenvalue weighted by Crippen LogP contribution is -2.30. The Morgan fingerprint density at radius 1 is 1.24 bits per heavy atom. The fourth-order valence-electron chi connectivity index (χ4n) is 2.17. The van der Waals surface area contributed by atoms with E-state index in [0.717, 1.165) is 24.2 Å². The van der Waals surface area contributed by atoms with Gasteiger partial charge in [0.05, 0.1) is 12.8 Å². The van der Waals surface area contributed by atoms with Gasteiger partial charge in [0.1, 0.15) is 11.3 Å². The summed E-state index contributed by atoms with van der Waals surface area (Å²) in [4.78, 5) is 24.1. The van der Waals surface area contributed by atoms with Crippen LogP contribution >= 0.6 is 0 Å². The summed E-state index contributed by atoms with van der Waals surface area (Å²) in [6.45, 7) is 5.17. The van der Waals surface area contributed by atoms with Gasteiger partial charge in [-0.2, -0.15) is 5.10 Å². The first-order valence-electron chi connectivity index (χ1n) is 8.41. The molecule has 1 N–H and O–H groups in total. The van der Waals surface area contributed by atoms with Crippen molar-refractivity contribution in [3.05, 3.63) is 64.1 Å². The van der Waals surface area contributed by atoms with Crippen molar-refractivity contribution in [3.63, 3.8) is 0 Å². The zero-order valence-electron chi connectivity index (χ0n) is 14.6. The minimum atomic E-state index is -0.524. The second-order valence-corrected chi connectivity index (χ2v) is 5.48. The minimum Gasteiger partial charge on any atom is -0.494 e. The molecule has 2 rings (SSSR count). The van der Waals surface area contributed by atoms with Crippen molar-refractivity contribution in [2.24, 2.45) is 5.10 Å². The zero-order chi connectivity index (χ0) is 18.1. The highest BCUT2D eigenvalue weighted by atomic mass is 16.5. The van der Waals surface area contributed by atoms with Crippen molar-refractivity contribution in [2.75, 3.05) is 6.61 Å². The van der Waals surface area contributed by atoms with Crippen LogP contribution < -0.4 is 15.7 Å². The lowest BCUT2D eigenvalue weighted by molar-refractivity contribution is 0.0953. The molecular formula is C19H23N3O3. The largest absolute Gasteiger partial charge is 0.494 e. The van der Waals surface area contributed by atoms with Gasteiger partial charge in [0.15, 0.2) is 0 Å². The molecule has 0 unspecified atom stereocenters. The molecular weight excluding hydrogens is 318 g/mol. The van der Waals surface area contributed by atoms with Crippen molar-refractivity contribution < 1.29 is 9.53 Å². The molecule has 0 spiro atoms. The first-order valence-corrected chi connectivity index (χ1v) is 8.41. The van der Waals surface area contributed by atoms with Crippen LogP contribution in [0.15, 0.2) is 52.5 Å². The molecule has 2 aromatic rings. The topological polar surface area (TPSA) is 72.7 Å². The van der Waals surface area contributed by atoms with Crippen molar-refractivity contribution in [2.45, 2.75) is 33.2 Å². The molecule has 1 aromatic heterocycles. The predicted molar refractivity (Wildman–Crippen MR) is 98.3 cm³/mol. The molecule has 0 atom stereocenters. The highest BCUT2D eigenvalue weighted by Gasteiger charge is 2.10. The third-order valence-corrected chi connectivity index (χ3v) is 3.63. The van der Waals surface area contributed by atoms with E-state index in [2.05, 4.69) is 17.5 Å². The van der Waals surface area contributed by atoms with Crippen LogP contribution in [0.25, 0.3) is 0 Å². The number of nitrogens with one attached hydrogen (secondary N) is 1. The molecule has 0 aliphatic heterocycles. The third-order valence-electron chi connectivity index (χ3n) is 3.63. The Kier molecular flexibility index (Phi) is 6.95. The van der Waals surface area contributed by atoms with E-state index in [9.17, 15) is 9.59 Å². The quantitative estimate of drug-likeness (QED) is 0.456. The van der Waals surface area contributed by atoms with E-state index >= 15 is 0 Å². The summed E-state index contributed by atoms with van der Waals surface area (Å²) in [6.07, 6.45) is 5.28. The average molecular weight is 341 g/mol. The average Bonchev–Trinajstić information content (AvgIpc) is 2.63. The van der Waals surface area contributed by atoms with Gasteiger partial charge < -0.3 is 9.30 Å². The van der Waals surface area contributed by atoms with E-state index in [4.69, 9.17) is 4.74 Å². The lowest BCUT2D eigenvalue weighted by Gasteiger charge is -2.05. The van der Waals surface area contributed by atoms with Crippen molar-refractivity contribution in [1.82, 2.24) is 9.99 Å². The van der Waals surface area contributed by atoms with Crippen LogP contribution in [0.3, 0.4) is 0 Å². The van der Waals surface area contributed by atoms with Gasteiger partial charge in [-0.3, -0.25) is 9.59 Å². The fraction of sp³-hybridized carbons (Fsp3) is 0.316. The maximum Gasteiger partial charge on any atom is 0.276 e. The number of hydrogen-bond donors (Lipinski definition) is 1. The number of carbonyl (C=O) groups excluding carboxylic acids is 1. The number of carbonyl (C=O) groups is 1. The smallest absolute Gasteiger partial charge is 0.276 e. The van der Waals surface area contributed by atoms with E-state index in [1.165, 1.54) is 16.8 Å². The van der Waals surface area contributed by atoms with Gasteiger partial charge in [0.25, 0.3) is 11.5 Å². The first-order chi connectivity index (χ1) is 12.2. The summed E-state index contributed by atoms with van der Waals surface area (Å²) in [5.74, 6) is 0.280. The van der Waals surface area contributed by atoms with Crippen LogP contribution in [-0.2, 0) is 6.54 Å². The van der Waals surface area contributed by atoms with Crippen LogP contribution in [-0.4, -0.2) is 23.3 Å². The van der Waals surface area contributed by atoms with E-state index in [1.54, 1.807) is 12.3 Å². The van der Waals surface area contributed by atoms with Crippen molar-refractivity contribution in [1.29, 1.82) is 0 Å². The van der Waals surface area contributed by atoms with Crippen LogP contribution in [0.5, 0.6) is 5.75 Å². The number of aryl methyl sites for hydroxylation is 1. The van der Waals surface area contributed by atoms with Gasteiger partial charge in [-0.1, -0.05) is 13.3 Å². The second kappa shape index (κ2) is 9.42. The number of rotatable bonds is 8. The molecule has 0 radical (unpaired) electrons. The number of benzene rings is 1. The van der Waals surface area contributed by atoms with Gasteiger partial charge in [0, 0.05) is 12.7 Å². The molecule has 0 saturated carbocycles. The van der Waals surface area contributed by atoms with Crippen LogP contribution in [0, 0.1) is 0 Å². The number of pyridine rings is 1. The number of amides is 1. The second-order valence-electron chi connectivity index (χ2n) is 5.48. The summed E-state index contributed by atoms with van der Waals surface area (Å²) in [6, 6.07) is 10.6. The molecule has 25 heavy (non-hydrogen) atoms. The van der Waals surface area contributed by atoms with Crippen molar-refractivity contribution in [3.8, 4) is 5.75 Å². The van der Waals surface area contributed by atoms with Crippen LogP contribution in [0.1, 0.15) is 42.6 Å². The molecule has 1 aromatic carbocycles. The zero-order valence-corrected chi connectivity index (χ0v) is 14.6. The summed E-state index contributed by atoms with van der Waals surface area (Å²) >= 11 is 0. The number of aromatic nitrogens is 1. The molecule has 6 heteroatoms.